The second-order valence-corrected chi connectivity index (χ2v) is 9.12. The van der Waals surface area contributed by atoms with Crippen molar-refractivity contribution >= 4 is 48.9 Å². The molecule has 1 aromatic heterocycles. The summed E-state index contributed by atoms with van der Waals surface area (Å²) in [6.45, 7) is 2.42. The molecule has 3 nitrogen and oxygen atoms in total. The molecule has 1 aromatic rings. The number of alkyl halides is 1. The lowest BCUT2D eigenvalue weighted by molar-refractivity contribution is 0.456. The van der Waals surface area contributed by atoms with E-state index in [0.717, 1.165) is 28.6 Å². The van der Waals surface area contributed by atoms with Gasteiger partial charge in [-0.25, -0.2) is 12.7 Å². The number of unbranched alkanes of at least 4 members (excludes halogenated alkanes) is 2. The fourth-order valence-electron chi connectivity index (χ4n) is 1.44. The maximum absolute atomic E-state index is 12.3. The molecule has 0 aromatic carbocycles. The molecule has 0 fully saturated rings. The average Bonchev–Trinajstić information content (AvgIpc) is 2.65. The molecular weight excluding hydrogens is 358 g/mol. The first kappa shape index (κ1) is 16.4. The summed E-state index contributed by atoms with van der Waals surface area (Å²) in [5, 5.41) is 0. The van der Waals surface area contributed by atoms with Gasteiger partial charge in [-0.1, -0.05) is 6.42 Å². The highest BCUT2D eigenvalue weighted by molar-refractivity contribution is 9.11. The van der Waals surface area contributed by atoms with E-state index in [-0.39, 0.29) is 0 Å². The number of hydrogen-bond acceptors (Lipinski definition) is 3. The van der Waals surface area contributed by atoms with E-state index in [9.17, 15) is 8.42 Å². The van der Waals surface area contributed by atoms with Gasteiger partial charge in [0.1, 0.15) is 4.21 Å². The molecule has 0 unspecified atom stereocenters. The van der Waals surface area contributed by atoms with Crippen LogP contribution in [0.2, 0.25) is 0 Å². The SMILES string of the molecule is Cc1cc(S(=O)(=O)N(C)CCCCCCl)sc1Br. The van der Waals surface area contributed by atoms with Crippen LogP contribution in [-0.2, 0) is 10.0 Å². The third-order valence-electron chi connectivity index (χ3n) is 2.61. The van der Waals surface area contributed by atoms with Crippen molar-refractivity contribution in [2.75, 3.05) is 19.5 Å². The Bertz CT molecular complexity index is 468. The van der Waals surface area contributed by atoms with Crippen LogP contribution in [0.3, 0.4) is 0 Å². The van der Waals surface area contributed by atoms with Gasteiger partial charge in [-0.15, -0.1) is 22.9 Å². The summed E-state index contributed by atoms with van der Waals surface area (Å²) in [6.07, 6.45) is 2.73. The number of rotatable bonds is 7. The Morgan fingerprint density at radius 3 is 2.56 bits per heavy atom. The van der Waals surface area contributed by atoms with Gasteiger partial charge < -0.3 is 0 Å². The standard InChI is InChI=1S/C11H17BrClNO2S2/c1-9-8-10(17-11(9)12)18(15,16)14(2)7-5-3-4-6-13/h8H,3-7H2,1-2H3. The maximum atomic E-state index is 12.3. The zero-order valence-corrected chi connectivity index (χ0v) is 14.4. The molecule has 0 spiro atoms. The molecule has 104 valence electrons. The second-order valence-electron chi connectivity index (χ2n) is 4.10. The van der Waals surface area contributed by atoms with E-state index in [0.29, 0.717) is 16.6 Å². The van der Waals surface area contributed by atoms with Crippen LogP contribution in [0.1, 0.15) is 24.8 Å². The van der Waals surface area contributed by atoms with Crippen LogP contribution in [0.15, 0.2) is 14.1 Å². The Labute approximate surface area is 126 Å². The van der Waals surface area contributed by atoms with Crippen molar-refractivity contribution < 1.29 is 8.42 Å². The minimum atomic E-state index is -3.34. The molecule has 0 saturated carbocycles. The quantitative estimate of drug-likeness (QED) is 0.537. The van der Waals surface area contributed by atoms with Crippen molar-refractivity contribution in [2.24, 2.45) is 0 Å². The van der Waals surface area contributed by atoms with E-state index >= 15 is 0 Å². The number of sulfonamides is 1. The van der Waals surface area contributed by atoms with Crippen LogP contribution in [0.25, 0.3) is 0 Å². The van der Waals surface area contributed by atoms with Crippen LogP contribution in [-0.4, -0.2) is 32.2 Å². The van der Waals surface area contributed by atoms with E-state index in [1.165, 1.54) is 15.6 Å². The van der Waals surface area contributed by atoms with Crippen molar-refractivity contribution in [3.63, 3.8) is 0 Å². The van der Waals surface area contributed by atoms with Gasteiger partial charge in [-0.05, 0) is 47.3 Å². The average molecular weight is 375 g/mol. The Hall–Kier alpha value is 0.380. The summed E-state index contributed by atoms with van der Waals surface area (Å²) in [7, 11) is -1.71. The lowest BCUT2D eigenvalue weighted by atomic mass is 10.2. The predicted molar refractivity (Wildman–Crippen MR) is 81.1 cm³/mol. The predicted octanol–water partition coefficient (Wildman–Crippen LogP) is 3.85. The molecule has 0 aliphatic heterocycles. The minimum Gasteiger partial charge on any atom is -0.206 e. The molecule has 1 heterocycles. The normalized spacial score (nSPS) is 12.3. The zero-order chi connectivity index (χ0) is 13.8. The van der Waals surface area contributed by atoms with Crippen LogP contribution in [0.5, 0.6) is 0 Å². The molecule has 0 radical (unpaired) electrons. The summed E-state index contributed by atoms with van der Waals surface area (Å²) in [4.78, 5) is 0. The number of halogens is 2. The first-order valence-electron chi connectivity index (χ1n) is 5.68. The van der Waals surface area contributed by atoms with Gasteiger partial charge >= 0.3 is 0 Å². The smallest absolute Gasteiger partial charge is 0.206 e. The number of thiophene rings is 1. The molecule has 0 saturated heterocycles. The fraction of sp³-hybridized carbons (Fsp3) is 0.636. The highest BCUT2D eigenvalue weighted by atomic mass is 79.9. The van der Waals surface area contributed by atoms with E-state index in [1.807, 2.05) is 6.92 Å². The third-order valence-corrected chi connectivity index (χ3v) is 7.32. The molecular formula is C11H17BrClNO2S2. The van der Waals surface area contributed by atoms with Crippen molar-refractivity contribution in [1.29, 1.82) is 0 Å². The molecule has 18 heavy (non-hydrogen) atoms. The van der Waals surface area contributed by atoms with Gasteiger partial charge in [0, 0.05) is 19.5 Å². The van der Waals surface area contributed by atoms with E-state index in [4.69, 9.17) is 11.6 Å². The lowest BCUT2D eigenvalue weighted by Gasteiger charge is -2.15. The molecule has 0 atom stereocenters. The largest absolute Gasteiger partial charge is 0.252 e. The third kappa shape index (κ3) is 4.20. The summed E-state index contributed by atoms with van der Waals surface area (Å²) in [5.41, 5.74) is 0.953. The first-order valence-corrected chi connectivity index (χ1v) is 9.26. The summed E-state index contributed by atoms with van der Waals surface area (Å²) in [6, 6.07) is 1.71. The minimum absolute atomic E-state index is 0.395. The molecule has 0 amide bonds. The fourth-order valence-corrected chi connectivity index (χ4v) is 5.27. The van der Waals surface area contributed by atoms with Crippen LogP contribution in [0.4, 0.5) is 0 Å². The number of hydrogen-bond donors (Lipinski definition) is 0. The van der Waals surface area contributed by atoms with Crippen LogP contribution < -0.4 is 0 Å². The van der Waals surface area contributed by atoms with Crippen molar-refractivity contribution in [3.05, 3.63) is 15.4 Å². The highest BCUT2D eigenvalue weighted by Gasteiger charge is 2.23. The van der Waals surface area contributed by atoms with Gasteiger partial charge in [0.05, 0.1) is 3.79 Å². The Kier molecular flexibility index (Phi) is 6.61. The molecule has 0 N–H and O–H groups in total. The molecule has 7 heteroatoms. The van der Waals surface area contributed by atoms with Gasteiger partial charge in [0.2, 0.25) is 0 Å². The highest BCUT2D eigenvalue weighted by Crippen LogP contribution is 2.31. The maximum Gasteiger partial charge on any atom is 0.252 e. The molecule has 0 bridgehead atoms. The Balaban J connectivity index is 2.68. The van der Waals surface area contributed by atoms with Crippen molar-refractivity contribution in [3.8, 4) is 0 Å². The van der Waals surface area contributed by atoms with Gasteiger partial charge in [0.25, 0.3) is 10.0 Å². The molecule has 0 aliphatic rings. The summed E-state index contributed by atoms with van der Waals surface area (Å²) < 4.78 is 27.2. The number of nitrogens with zero attached hydrogens (tertiary/aromatic N) is 1. The summed E-state index contributed by atoms with van der Waals surface area (Å²) in [5.74, 6) is 0.632. The van der Waals surface area contributed by atoms with Crippen LogP contribution in [0, 0.1) is 6.92 Å². The van der Waals surface area contributed by atoms with Crippen molar-refractivity contribution in [2.45, 2.75) is 30.4 Å². The Morgan fingerprint density at radius 1 is 1.39 bits per heavy atom. The second kappa shape index (κ2) is 7.24. The van der Waals surface area contributed by atoms with Gasteiger partial charge in [-0.3, -0.25) is 0 Å². The van der Waals surface area contributed by atoms with Crippen LogP contribution >= 0.6 is 38.9 Å². The van der Waals surface area contributed by atoms with Gasteiger partial charge in [0.15, 0.2) is 0 Å². The lowest BCUT2D eigenvalue weighted by Crippen LogP contribution is -2.27. The first-order chi connectivity index (χ1) is 8.39. The molecule has 1 rings (SSSR count). The zero-order valence-electron chi connectivity index (χ0n) is 10.4. The van der Waals surface area contributed by atoms with Crippen molar-refractivity contribution in [1.82, 2.24) is 4.31 Å². The van der Waals surface area contributed by atoms with E-state index < -0.39 is 10.0 Å². The van der Waals surface area contributed by atoms with Gasteiger partial charge in [-0.2, -0.15) is 0 Å². The summed E-state index contributed by atoms with van der Waals surface area (Å²) >= 11 is 10.2. The topological polar surface area (TPSA) is 37.4 Å². The van der Waals surface area contributed by atoms with E-state index in [1.54, 1.807) is 13.1 Å². The Morgan fingerprint density at radius 2 is 2.06 bits per heavy atom. The van der Waals surface area contributed by atoms with E-state index in [2.05, 4.69) is 15.9 Å². The molecule has 0 aliphatic carbocycles. The number of aryl methyl sites for hydroxylation is 1. The monoisotopic (exact) mass is 373 g/mol.